The molecule has 0 heterocycles. The topological polar surface area (TPSA) is 70.0 Å². The van der Waals surface area contributed by atoms with Gasteiger partial charge in [-0.05, 0) is 20.3 Å². The number of hydrogen-bond acceptors (Lipinski definition) is 3. The summed E-state index contributed by atoms with van der Waals surface area (Å²) < 4.78 is 59.8. The first-order valence-corrected chi connectivity index (χ1v) is 6.12. The molecule has 0 aromatic carbocycles. The van der Waals surface area contributed by atoms with Crippen molar-refractivity contribution >= 4 is 10.0 Å². The smallest absolute Gasteiger partial charge is 0.212 e. The van der Waals surface area contributed by atoms with Gasteiger partial charge in [0.1, 0.15) is 5.54 Å². The van der Waals surface area contributed by atoms with Gasteiger partial charge >= 0.3 is 6.18 Å². The predicted octanol–water partition coefficient (Wildman–Crippen LogP) is 1.55. The molecule has 8 heteroatoms. The van der Waals surface area contributed by atoms with Crippen molar-refractivity contribution in [3.63, 3.8) is 0 Å². The lowest BCUT2D eigenvalue weighted by atomic mass is 10.1. The number of nitriles is 1. The van der Waals surface area contributed by atoms with Crippen LogP contribution < -0.4 is 4.72 Å². The minimum Gasteiger partial charge on any atom is -0.212 e. The SMILES string of the molecule is CC(C)(C#N)NS(=O)(=O)CCCC(F)(F)F. The molecule has 0 unspecified atom stereocenters. The van der Waals surface area contributed by atoms with Crippen molar-refractivity contribution in [2.75, 3.05) is 5.75 Å². The average molecular weight is 258 g/mol. The van der Waals surface area contributed by atoms with E-state index in [4.69, 9.17) is 5.26 Å². The van der Waals surface area contributed by atoms with Crippen molar-refractivity contribution < 1.29 is 21.6 Å². The quantitative estimate of drug-likeness (QED) is 0.813. The van der Waals surface area contributed by atoms with Gasteiger partial charge < -0.3 is 0 Å². The molecule has 94 valence electrons. The summed E-state index contributed by atoms with van der Waals surface area (Å²) >= 11 is 0. The van der Waals surface area contributed by atoms with Crippen molar-refractivity contribution in [2.24, 2.45) is 0 Å². The van der Waals surface area contributed by atoms with Crippen molar-refractivity contribution in [2.45, 2.75) is 38.4 Å². The van der Waals surface area contributed by atoms with Crippen LogP contribution in [-0.4, -0.2) is 25.9 Å². The lowest BCUT2D eigenvalue weighted by molar-refractivity contribution is -0.134. The Hall–Kier alpha value is -0.810. The highest BCUT2D eigenvalue weighted by Crippen LogP contribution is 2.21. The van der Waals surface area contributed by atoms with Gasteiger partial charge in [0.2, 0.25) is 10.0 Å². The van der Waals surface area contributed by atoms with Gasteiger partial charge in [0.25, 0.3) is 0 Å². The number of alkyl halides is 3. The zero-order valence-electron chi connectivity index (χ0n) is 8.93. The minimum absolute atomic E-state index is 0.514. The average Bonchev–Trinajstić information content (AvgIpc) is 1.99. The molecule has 0 radical (unpaired) electrons. The van der Waals surface area contributed by atoms with Gasteiger partial charge in [0.15, 0.2) is 0 Å². The lowest BCUT2D eigenvalue weighted by Crippen LogP contribution is -2.43. The van der Waals surface area contributed by atoms with Crippen molar-refractivity contribution in [1.82, 2.24) is 4.72 Å². The fourth-order valence-electron chi connectivity index (χ4n) is 0.925. The van der Waals surface area contributed by atoms with Gasteiger partial charge in [0, 0.05) is 6.42 Å². The molecule has 0 aliphatic rings. The molecule has 0 amide bonds. The lowest BCUT2D eigenvalue weighted by Gasteiger charge is -2.17. The summed E-state index contributed by atoms with van der Waals surface area (Å²) in [4.78, 5) is 0. The molecule has 0 aliphatic carbocycles. The van der Waals surface area contributed by atoms with Crippen LogP contribution in [0, 0.1) is 11.3 Å². The number of halogens is 3. The van der Waals surface area contributed by atoms with Crippen LogP contribution in [0.15, 0.2) is 0 Å². The van der Waals surface area contributed by atoms with Crippen LogP contribution in [-0.2, 0) is 10.0 Å². The Morgan fingerprint density at radius 3 is 2.19 bits per heavy atom. The number of sulfonamides is 1. The second kappa shape index (κ2) is 5.01. The molecule has 0 spiro atoms. The monoisotopic (exact) mass is 258 g/mol. The Morgan fingerprint density at radius 2 is 1.81 bits per heavy atom. The summed E-state index contributed by atoms with van der Waals surface area (Å²) in [7, 11) is -3.85. The first kappa shape index (κ1) is 15.2. The molecule has 0 fully saturated rings. The number of nitrogens with one attached hydrogen (secondary N) is 1. The van der Waals surface area contributed by atoms with E-state index in [2.05, 4.69) is 0 Å². The highest BCUT2D eigenvalue weighted by atomic mass is 32.2. The summed E-state index contributed by atoms with van der Waals surface area (Å²) in [5, 5.41) is 8.56. The van der Waals surface area contributed by atoms with E-state index in [9.17, 15) is 21.6 Å². The molecule has 0 saturated carbocycles. The largest absolute Gasteiger partial charge is 0.389 e. The maximum Gasteiger partial charge on any atom is 0.389 e. The number of nitrogens with zero attached hydrogens (tertiary/aromatic N) is 1. The Balaban J connectivity index is 4.25. The van der Waals surface area contributed by atoms with Crippen LogP contribution in [0.4, 0.5) is 13.2 Å². The van der Waals surface area contributed by atoms with E-state index in [1.165, 1.54) is 13.8 Å². The van der Waals surface area contributed by atoms with E-state index >= 15 is 0 Å². The first-order chi connectivity index (χ1) is 6.97. The summed E-state index contributed by atoms with van der Waals surface area (Å²) in [6, 6.07) is 1.69. The van der Waals surface area contributed by atoms with Gasteiger partial charge in [-0.15, -0.1) is 0 Å². The third-order valence-corrected chi connectivity index (χ3v) is 3.21. The normalized spacial score (nSPS) is 13.5. The molecule has 16 heavy (non-hydrogen) atoms. The van der Waals surface area contributed by atoms with E-state index in [-0.39, 0.29) is 0 Å². The second-order valence-corrected chi connectivity index (χ2v) is 5.72. The number of rotatable bonds is 5. The molecule has 0 saturated heterocycles. The van der Waals surface area contributed by atoms with E-state index in [1.807, 2.05) is 4.72 Å². The Labute approximate surface area is 92.5 Å². The molecule has 0 aromatic rings. The van der Waals surface area contributed by atoms with Crippen LogP contribution in [0.3, 0.4) is 0 Å². The van der Waals surface area contributed by atoms with E-state index in [0.29, 0.717) is 0 Å². The third-order valence-electron chi connectivity index (χ3n) is 1.56. The van der Waals surface area contributed by atoms with Crippen molar-refractivity contribution in [1.29, 1.82) is 5.26 Å². The molecular formula is C8H13F3N2O2S. The molecule has 0 aromatic heterocycles. The van der Waals surface area contributed by atoms with Crippen molar-refractivity contribution in [3.05, 3.63) is 0 Å². The van der Waals surface area contributed by atoms with E-state index < -0.39 is 40.3 Å². The summed E-state index contributed by atoms with van der Waals surface area (Å²) in [5.74, 6) is -0.641. The van der Waals surface area contributed by atoms with Gasteiger partial charge in [-0.25, -0.2) is 8.42 Å². The maximum atomic E-state index is 11.8. The van der Waals surface area contributed by atoms with Gasteiger partial charge in [0.05, 0.1) is 11.8 Å². The Bertz CT molecular complexity index is 368. The highest BCUT2D eigenvalue weighted by Gasteiger charge is 2.29. The van der Waals surface area contributed by atoms with Gasteiger partial charge in [-0.2, -0.15) is 23.2 Å². The molecule has 1 N–H and O–H groups in total. The van der Waals surface area contributed by atoms with E-state index in [1.54, 1.807) is 6.07 Å². The highest BCUT2D eigenvalue weighted by molar-refractivity contribution is 7.89. The van der Waals surface area contributed by atoms with Gasteiger partial charge in [-0.1, -0.05) is 0 Å². The third kappa shape index (κ3) is 7.48. The molecule has 4 nitrogen and oxygen atoms in total. The predicted molar refractivity (Wildman–Crippen MR) is 51.9 cm³/mol. The first-order valence-electron chi connectivity index (χ1n) is 4.47. The summed E-state index contributed by atoms with van der Waals surface area (Å²) in [6.45, 7) is 2.66. The molecule has 0 rings (SSSR count). The molecular weight excluding hydrogens is 245 g/mol. The summed E-state index contributed by atoms with van der Waals surface area (Å²) in [5.41, 5.74) is -1.31. The van der Waals surface area contributed by atoms with Crippen LogP contribution in [0.2, 0.25) is 0 Å². The van der Waals surface area contributed by atoms with Crippen LogP contribution >= 0.6 is 0 Å². The maximum absolute atomic E-state index is 11.8. The zero-order chi connectivity index (χ0) is 13.0. The van der Waals surface area contributed by atoms with E-state index in [0.717, 1.165) is 0 Å². The second-order valence-electron chi connectivity index (χ2n) is 3.88. The Kier molecular flexibility index (Phi) is 4.76. The zero-order valence-corrected chi connectivity index (χ0v) is 9.74. The molecule has 0 atom stereocenters. The summed E-state index contributed by atoms with van der Waals surface area (Å²) in [6.07, 6.45) is -6.03. The van der Waals surface area contributed by atoms with Crippen LogP contribution in [0.5, 0.6) is 0 Å². The Morgan fingerprint density at radius 1 is 1.31 bits per heavy atom. The minimum atomic E-state index is -4.36. The molecule has 0 aliphatic heterocycles. The van der Waals surface area contributed by atoms with Crippen molar-refractivity contribution in [3.8, 4) is 6.07 Å². The van der Waals surface area contributed by atoms with Gasteiger partial charge in [-0.3, -0.25) is 0 Å². The van der Waals surface area contributed by atoms with Crippen LogP contribution in [0.1, 0.15) is 26.7 Å². The number of hydrogen-bond donors (Lipinski definition) is 1. The van der Waals surface area contributed by atoms with Crippen LogP contribution in [0.25, 0.3) is 0 Å². The fourth-order valence-corrected chi connectivity index (χ4v) is 2.37. The molecule has 0 bridgehead atoms. The standard InChI is InChI=1S/C8H13F3N2O2S/c1-7(2,6-12)13-16(14,15)5-3-4-8(9,10)11/h13H,3-5H2,1-2H3. The fraction of sp³-hybridized carbons (Fsp3) is 0.875.